The molecule has 0 bridgehead atoms. The summed E-state index contributed by atoms with van der Waals surface area (Å²) < 4.78 is 10.5. The third-order valence-corrected chi connectivity index (χ3v) is 2.63. The first-order valence-electron chi connectivity index (χ1n) is 5.41. The zero-order valence-electron chi connectivity index (χ0n) is 9.94. The lowest BCUT2D eigenvalue weighted by molar-refractivity contribution is 0.290. The van der Waals surface area contributed by atoms with Crippen LogP contribution in [0.2, 0.25) is 0 Å². The Morgan fingerprint density at radius 3 is 2.71 bits per heavy atom. The Kier molecular flexibility index (Phi) is 3.54. The van der Waals surface area contributed by atoms with Gasteiger partial charge in [-0.3, -0.25) is 0 Å². The van der Waals surface area contributed by atoms with E-state index in [4.69, 9.17) is 17.1 Å². The van der Waals surface area contributed by atoms with Crippen LogP contribution in [0.3, 0.4) is 0 Å². The third kappa shape index (κ3) is 2.53. The molecule has 0 spiro atoms. The molecule has 4 heteroatoms. The summed E-state index contributed by atoms with van der Waals surface area (Å²) in [6.45, 7) is 2.04. The van der Waals surface area contributed by atoms with Crippen LogP contribution in [0.25, 0.3) is 0 Å². The van der Waals surface area contributed by atoms with E-state index in [2.05, 4.69) is 11.3 Å². The van der Waals surface area contributed by atoms with Crippen LogP contribution in [-0.4, -0.2) is 15.1 Å². The highest BCUT2D eigenvalue weighted by Crippen LogP contribution is 2.26. The van der Waals surface area contributed by atoms with Crippen LogP contribution >= 0.6 is 0 Å². The Hall–Kier alpha value is -1.68. The standard InChI is InChI=1S/C13H14BNO2/c1-9-4-3-5-10(8-9)13(15-14)11-6-7-12(16-2)17-11/h3-8,13,15H,1-2H3. The molecule has 0 amide bonds. The molecule has 0 aliphatic rings. The third-order valence-electron chi connectivity index (χ3n) is 2.63. The Balaban J connectivity index is 2.33. The average Bonchev–Trinajstić information content (AvgIpc) is 2.79. The maximum atomic E-state index is 5.59. The number of nitrogens with one attached hydrogen (secondary N) is 1. The van der Waals surface area contributed by atoms with Gasteiger partial charge in [-0.15, -0.1) is 0 Å². The molecule has 1 aromatic carbocycles. The summed E-state index contributed by atoms with van der Waals surface area (Å²) in [5, 5.41) is 2.75. The lowest BCUT2D eigenvalue weighted by Crippen LogP contribution is -2.18. The second-order valence-corrected chi connectivity index (χ2v) is 3.87. The minimum atomic E-state index is -0.168. The molecular weight excluding hydrogens is 213 g/mol. The summed E-state index contributed by atoms with van der Waals surface area (Å²) in [6, 6.07) is 11.6. The number of rotatable bonds is 4. The van der Waals surface area contributed by atoms with Crippen molar-refractivity contribution in [3.05, 3.63) is 53.3 Å². The number of hydrogen-bond donors (Lipinski definition) is 1. The highest BCUT2D eigenvalue weighted by atomic mass is 16.6. The van der Waals surface area contributed by atoms with E-state index in [1.165, 1.54) is 5.56 Å². The SMILES string of the molecule is [B]NC(c1cccc(C)c1)c1ccc(OC)o1. The fourth-order valence-electron chi connectivity index (χ4n) is 1.79. The van der Waals surface area contributed by atoms with Gasteiger partial charge in [-0.25, -0.2) is 0 Å². The molecule has 1 heterocycles. The summed E-state index contributed by atoms with van der Waals surface area (Å²) in [7, 11) is 7.16. The molecular formula is C13H14BNO2. The molecule has 0 aliphatic heterocycles. The molecule has 1 N–H and O–H groups in total. The van der Waals surface area contributed by atoms with Crippen LogP contribution in [-0.2, 0) is 0 Å². The molecule has 0 saturated carbocycles. The zero-order chi connectivity index (χ0) is 12.3. The zero-order valence-corrected chi connectivity index (χ0v) is 9.94. The van der Waals surface area contributed by atoms with Crippen LogP contribution in [0.15, 0.2) is 40.8 Å². The molecule has 0 fully saturated rings. The van der Waals surface area contributed by atoms with E-state index in [1.54, 1.807) is 13.2 Å². The second kappa shape index (κ2) is 5.10. The Morgan fingerprint density at radius 2 is 2.12 bits per heavy atom. The Morgan fingerprint density at radius 1 is 1.29 bits per heavy atom. The van der Waals surface area contributed by atoms with Gasteiger partial charge in [0, 0.05) is 6.07 Å². The molecule has 1 aromatic heterocycles. The molecule has 2 radical (unpaired) electrons. The van der Waals surface area contributed by atoms with Crippen molar-refractivity contribution in [1.82, 2.24) is 5.23 Å². The minimum Gasteiger partial charge on any atom is -0.468 e. The average molecular weight is 227 g/mol. The van der Waals surface area contributed by atoms with E-state index >= 15 is 0 Å². The predicted octanol–water partition coefficient (Wildman–Crippen LogP) is 2.36. The van der Waals surface area contributed by atoms with Crippen molar-refractivity contribution < 1.29 is 9.15 Å². The van der Waals surface area contributed by atoms with E-state index in [-0.39, 0.29) is 6.04 Å². The first-order chi connectivity index (χ1) is 8.24. The molecule has 0 saturated heterocycles. The first-order valence-corrected chi connectivity index (χ1v) is 5.41. The van der Waals surface area contributed by atoms with E-state index in [9.17, 15) is 0 Å². The van der Waals surface area contributed by atoms with Crippen molar-refractivity contribution in [1.29, 1.82) is 0 Å². The van der Waals surface area contributed by atoms with E-state index < -0.39 is 0 Å². The number of hydrogen-bond acceptors (Lipinski definition) is 3. The normalized spacial score (nSPS) is 12.4. The number of furan rings is 1. The van der Waals surface area contributed by atoms with E-state index in [0.717, 1.165) is 11.3 Å². The van der Waals surface area contributed by atoms with Crippen molar-refractivity contribution in [3.8, 4) is 5.95 Å². The van der Waals surface area contributed by atoms with Gasteiger partial charge in [0.1, 0.15) is 5.76 Å². The van der Waals surface area contributed by atoms with Crippen molar-refractivity contribution >= 4 is 7.98 Å². The van der Waals surface area contributed by atoms with E-state index in [0.29, 0.717) is 5.95 Å². The number of methoxy groups -OCH3 is 1. The van der Waals surface area contributed by atoms with Gasteiger partial charge in [-0.05, 0) is 18.6 Å². The Bertz CT molecular complexity index is 496. The van der Waals surface area contributed by atoms with Crippen molar-refractivity contribution in [2.45, 2.75) is 13.0 Å². The molecule has 3 nitrogen and oxygen atoms in total. The number of aryl methyl sites for hydroxylation is 1. The second-order valence-electron chi connectivity index (χ2n) is 3.87. The Labute approximate surface area is 102 Å². The van der Waals surface area contributed by atoms with Crippen LogP contribution in [0, 0.1) is 6.92 Å². The largest absolute Gasteiger partial charge is 0.468 e. The summed E-state index contributed by atoms with van der Waals surface area (Å²) in [6.07, 6.45) is 0. The molecule has 86 valence electrons. The molecule has 2 rings (SSSR count). The highest BCUT2D eigenvalue weighted by Gasteiger charge is 2.15. The summed E-state index contributed by atoms with van der Waals surface area (Å²) >= 11 is 0. The summed E-state index contributed by atoms with van der Waals surface area (Å²) in [5.41, 5.74) is 2.24. The maximum Gasteiger partial charge on any atom is 0.284 e. The molecule has 2 aromatic rings. The molecule has 0 aliphatic carbocycles. The van der Waals surface area contributed by atoms with Gasteiger partial charge in [0.25, 0.3) is 5.95 Å². The van der Waals surface area contributed by atoms with Crippen LogP contribution < -0.4 is 9.96 Å². The predicted molar refractivity (Wildman–Crippen MR) is 67.2 cm³/mol. The smallest absolute Gasteiger partial charge is 0.284 e. The monoisotopic (exact) mass is 227 g/mol. The van der Waals surface area contributed by atoms with Crippen molar-refractivity contribution in [3.63, 3.8) is 0 Å². The number of ether oxygens (including phenoxy) is 1. The van der Waals surface area contributed by atoms with Gasteiger partial charge in [0.05, 0.1) is 13.2 Å². The maximum absolute atomic E-state index is 5.59. The van der Waals surface area contributed by atoms with Gasteiger partial charge in [0.15, 0.2) is 7.98 Å². The van der Waals surface area contributed by atoms with Crippen LogP contribution in [0.4, 0.5) is 0 Å². The van der Waals surface area contributed by atoms with Crippen molar-refractivity contribution in [2.75, 3.05) is 7.11 Å². The molecule has 1 atom stereocenters. The minimum absolute atomic E-state index is 0.168. The quantitative estimate of drug-likeness (QED) is 0.814. The lowest BCUT2D eigenvalue weighted by atomic mass is 10.0. The molecule has 17 heavy (non-hydrogen) atoms. The number of benzene rings is 1. The lowest BCUT2D eigenvalue weighted by Gasteiger charge is -2.14. The van der Waals surface area contributed by atoms with Crippen LogP contribution in [0.5, 0.6) is 5.95 Å². The summed E-state index contributed by atoms with van der Waals surface area (Å²) in [5.74, 6) is 1.21. The van der Waals surface area contributed by atoms with E-state index in [1.807, 2.05) is 31.2 Å². The van der Waals surface area contributed by atoms with Gasteiger partial charge in [-0.1, -0.05) is 29.8 Å². The van der Waals surface area contributed by atoms with Gasteiger partial charge < -0.3 is 14.4 Å². The highest BCUT2D eigenvalue weighted by molar-refractivity contribution is 6.04. The fraction of sp³-hybridized carbons (Fsp3) is 0.231. The summed E-state index contributed by atoms with van der Waals surface area (Å²) in [4.78, 5) is 0. The van der Waals surface area contributed by atoms with Gasteiger partial charge >= 0.3 is 0 Å². The molecule has 1 unspecified atom stereocenters. The first kappa shape index (κ1) is 11.8. The van der Waals surface area contributed by atoms with Crippen molar-refractivity contribution in [2.24, 2.45) is 0 Å². The fourth-order valence-corrected chi connectivity index (χ4v) is 1.79. The topological polar surface area (TPSA) is 34.4 Å². The van der Waals surface area contributed by atoms with Crippen LogP contribution in [0.1, 0.15) is 22.9 Å². The van der Waals surface area contributed by atoms with Gasteiger partial charge in [0.2, 0.25) is 0 Å². The van der Waals surface area contributed by atoms with Gasteiger partial charge in [-0.2, -0.15) is 0 Å².